The third-order valence-electron chi connectivity index (χ3n) is 6.99. The lowest BCUT2D eigenvalue weighted by atomic mass is 9.76. The van der Waals surface area contributed by atoms with Gasteiger partial charge >= 0.3 is 5.97 Å². The minimum Gasteiger partial charge on any atom is -0.469 e. The second kappa shape index (κ2) is 10.5. The maximum absolute atomic E-state index is 13.0. The van der Waals surface area contributed by atoms with Crippen molar-refractivity contribution in [1.82, 2.24) is 15.5 Å². The van der Waals surface area contributed by atoms with Crippen LogP contribution in [0, 0.1) is 11.8 Å². The highest BCUT2D eigenvalue weighted by molar-refractivity contribution is 7.80. The van der Waals surface area contributed by atoms with Gasteiger partial charge in [-0.1, -0.05) is 18.2 Å². The van der Waals surface area contributed by atoms with Crippen molar-refractivity contribution in [3.05, 3.63) is 29.8 Å². The predicted octanol–water partition coefficient (Wildman–Crippen LogP) is 1.62. The fraction of sp³-hybridized carbons (Fsp3) is 0.583. The third kappa shape index (κ3) is 5.29. The molecule has 1 aromatic rings. The van der Waals surface area contributed by atoms with E-state index in [1.807, 2.05) is 0 Å². The molecule has 0 aromatic heterocycles. The molecule has 2 heterocycles. The fourth-order valence-electron chi connectivity index (χ4n) is 5.23. The maximum atomic E-state index is 13.0. The van der Waals surface area contributed by atoms with E-state index in [9.17, 15) is 14.4 Å². The van der Waals surface area contributed by atoms with E-state index in [2.05, 4.69) is 39.8 Å². The van der Waals surface area contributed by atoms with Crippen molar-refractivity contribution in [2.24, 2.45) is 11.8 Å². The normalized spacial score (nSPS) is 24.5. The van der Waals surface area contributed by atoms with Crippen molar-refractivity contribution in [3.63, 3.8) is 0 Å². The highest BCUT2D eigenvalue weighted by Crippen LogP contribution is 2.33. The lowest BCUT2D eigenvalue weighted by molar-refractivity contribution is -0.149. The summed E-state index contributed by atoms with van der Waals surface area (Å²) in [5.41, 5.74) is 2.61. The van der Waals surface area contributed by atoms with Crippen LogP contribution in [0.1, 0.15) is 37.7 Å². The molecule has 1 aliphatic carbocycles. The van der Waals surface area contributed by atoms with Crippen molar-refractivity contribution >= 4 is 40.8 Å². The zero-order valence-corrected chi connectivity index (χ0v) is 19.9. The number of anilines is 1. The van der Waals surface area contributed by atoms with E-state index >= 15 is 0 Å². The topological polar surface area (TPSA) is 91.0 Å². The van der Waals surface area contributed by atoms with Crippen molar-refractivity contribution in [1.29, 1.82) is 0 Å². The molecule has 9 heteroatoms. The Morgan fingerprint density at radius 2 is 2.06 bits per heavy atom. The van der Waals surface area contributed by atoms with Gasteiger partial charge in [-0.15, -0.1) is 0 Å². The maximum Gasteiger partial charge on any atom is 0.308 e. The van der Waals surface area contributed by atoms with Crippen LogP contribution in [0.25, 0.3) is 0 Å². The van der Waals surface area contributed by atoms with Gasteiger partial charge in [0.15, 0.2) is 5.11 Å². The fourth-order valence-corrected chi connectivity index (χ4v) is 5.56. The zero-order chi connectivity index (χ0) is 23.4. The van der Waals surface area contributed by atoms with Crippen LogP contribution in [0.2, 0.25) is 0 Å². The minimum absolute atomic E-state index is 0.0511. The molecule has 3 unspecified atom stereocenters. The summed E-state index contributed by atoms with van der Waals surface area (Å²) in [6, 6.07) is 8.27. The van der Waals surface area contributed by atoms with Crippen molar-refractivity contribution in [3.8, 4) is 0 Å². The van der Waals surface area contributed by atoms with E-state index in [-0.39, 0.29) is 48.6 Å². The molecule has 2 N–H and O–H groups in total. The summed E-state index contributed by atoms with van der Waals surface area (Å²) >= 11 is 5.41. The van der Waals surface area contributed by atoms with Gasteiger partial charge in [-0.25, -0.2) is 0 Å². The Bertz CT molecular complexity index is 923. The first-order valence-electron chi connectivity index (χ1n) is 11.8. The number of benzene rings is 1. The molecule has 1 saturated heterocycles. The van der Waals surface area contributed by atoms with E-state index in [1.165, 1.54) is 23.3 Å². The molecule has 8 nitrogen and oxygen atoms in total. The van der Waals surface area contributed by atoms with Crippen LogP contribution in [0.3, 0.4) is 0 Å². The van der Waals surface area contributed by atoms with E-state index < -0.39 is 0 Å². The number of hydrogen-bond donors (Lipinski definition) is 2. The molecule has 3 atom stereocenters. The highest BCUT2D eigenvalue weighted by atomic mass is 32.1. The molecule has 0 bridgehead atoms. The number of rotatable bonds is 7. The van der Waals surface area contributed by atoms with Crippen LogP contribution >= 0.6 is 12.2 Å². The van der Waals surface area contributed by atoms with Gasteiger partial charge in [0, 0.05) is 44.3 Å². The molecule has 1 saturated carbocycles. The second-order valence-electron chi connectivity index (χ2n) is 9.00. The summed E-state index contributed by atoms with van der Waals surface area (Å²) in [5.74, 6) is -0.804. The smallest absolute Gasteiger partial charge is 0.308 e. The molecule has 1 aromatic carbocycles. The molecule has 4 rings (SSSR count). The quantitative estimate of drug-likeness (QED) is 0.460. The molecular formula is C24H32N4O4S. The van der Waals surface area contributed by atoms with Crippen LogP contribution in [-0.4, -0.2) is 67.1 Å². The number of hydrogen-bond acceptors (Lipinski definition) is 6. The van der Waals surface area contributed by atoms with Crippen molar-refractivity contribution in [2.75, 3.05) is 38.2 Å². The molecule has 3 aliphatic rings. The lowest BCUT2D eigenvalue weighted by Crippen LogP contribution is -2.62. The van der Waals surface area contributed by atoms with E-state index in [4.69, 9.17) is 17.0 Å². The molecule has 178 valence electrons. The highest BCUT2D eigenvalue weighted by Gasteiger charge is 2.44. The van der Waals surface area contributed by atoms with Gasteiger partial charge in [-0.2, -0.15) is 0 Å². The first-order valence-corrected chi connectivity index (χ1v) is 12.2. The van der Waals surface area contributed by atoms with Gasteiger partial charge in [0.2, 0.25) is 11.8 Å². The van der Waals surface area contributed by atoms with Crippen LogP contribution in [0.5, 0.6) is 0 Å². The number of carbonyl (C=O) groups is 3. The first kappa shape index (κ1) is 23.5. The monoisotopic (exact) mass is 472 g/mol. The number of aryl methyl sites for hydroxylation is 1. The Balaban J connectivity index is 1.23. The van der Waals surface area contributed by atoms with Crippen LogP contribution in [0.4, 0.5) is 5.69 Å². The molecule has 2 fully saturated rings. The number of methoxy groups -OCH3 is 1. The Labute approximate surface area is 200 Å². The largest absolute Gasteiger partial charge is 0.469 e. The summed E-state index contributed by atoms with van der Waals surface area (Å²) in [7, 11) is 1.39. The number of amides is 2. The van der Waals surface area contributed by atoms with E-state index in [0.717, 1.165) is 25.9 Å². The number of carbonyl (C=O) groups excluding carboxylic acids is 3. The third-order valence-corrected chi connectivity index (χ3v) is 7.33. The molecule has 2 aliphatic heterocycles. The van der Waals surface area contributed by atoms with Gasteiger partial charge in [0.1, 0.15) is 0 Å². The average molecular weight is 473 g/mol. The first-order chi connectivity index (χ1) is 16.0. The Hall–Kier alpha value is -2.68. The number of para-hydroxylation sites is 1. The molecule has 0 spiro atoms. The van der Waals surface area contributed by atoms with E-state index in [1.54, 1.807) is 0 Å². The SMILES string of the molecule is COC(=O)C1CCC2C(=O)N(CCC(=O)NCCN3CCCc4ccccc43)C(=S)NC2C1. The van der Waals surface area contributed by atoms with Gasteiger partial charge in [-0.3, -0.25) is 19.3 Å². The minimum atomic E-state index is -0.235. The number of fused-ring (bicyclic) bond motifs is 2. The molecular weight excluding hydrogens is 440 g/mol. The predicted molar refractivity (Wildman–Crippen MR) is 129 cm³/mol. The summed E-state index contributed by atoms with van der Waals surface area (Å²) < 4.78 is 4.85. The Morgan fingerprint density at radius 1 is 1.24 bits per heavy atom. The standard InChI is InChI=1S/C24H32N4O4S/c1-32-23(31)17-8-9-18-19(15-17)26-24(33)28(22(18)30)13-10-21(29)25-11-14-27-12-4-6-16-5-2-3-7-20(16)27/h2-3,5,7,17-19H,4,6,8-15H2,1H3,(H,25,29)(H,26,33). The average Bonchev–Trinajstić information content (AvgIpc) is 2.83. The number of nitrogens with one attached hydrogen (secondary N) is 2. The number of ether oxygens (including phenoxy) is 1. The molecule has 33 heavy (non-hydrogen) atoms. The van der Waals surface area contributed by atoms with Crippen molar-refractivity contribution in [2.45, 2.75) is 44.6 Å². The number of nitrogens with zero attached hydrogens (tertiary/aromatic N) is 2. The Morgan fingerprint density at radius 3 is 2.88 bits per heavy atom. The summed E-state index contributed by atoms with van der Waals surface area (Å²) in [5, 5.41) is 6.53. The Kier molecular flexibility index (Phi) is 7.47. The van der Waals surface area contributed by atoms with Gasteiger partial charge in [0.25, 0.3) is 0 Å². The van der Waals surface area contributed by atoms with Crippen LogP contribution < -0.4 is 15.5 Å². The summed E-state index contributed by atoms with van der Waals surface area (Å²) in [6.07, 6.45) is 4.20. The summed E-state index contributed by atoms with van der Waals surface area (Å²) in [4.78, 5) is 41.1. The van der Waals surface area contributed by atoms with Gasteiger partial charge in [0.05, 0.1) is 18.9 Å². The lowest BCUT2D eigenvalue weighted by Gasteiger charge is -2.43. The van der Waals surface area contributed by atoms with Gasteiger partial charge in [-0.05, 0) is 56.0 Å². The van der Waals surface area contributed by atoms with Crippen molar-refractivity contribution < 1.29 is 19.1 Å². The molecule has 2 amide bonds. The van der Waals surface area contributed by atoms with Crippen LogP contribution in [-0.2, 0) is 25.5 Å². The summed E-state index contributed by atoms with van der Waals surface area (Å²) in [6.45, 7) is 2.57. The second-order valence-corrected chi connectivity index (χ2v) is 9.39. The van der Waals surface area contributed by atoms with Gasteiger partial charge < -0.3 is 20.3 Å². The van der Waals surface area contributed by atoms with E-state index in [0.29, 0.717) is 30.9 Å². The molecule has 0 radical (unpaired) electrons. The zero-order valence-electron chi connectivity index (χ0n) is 19.0. The number of thiocarbonyl (C=S) groups is 1. The number of esters is 1. The van der Waals surface area contributed by atoms with Crippen LogP contribution in [0.15, 0.2) is 24.3 Å².